The predicted molar refractivity (Wildman–Crippen MR) is 88.4 cm³/mol. The Balaban J connectivity index is 1.91. The number of rotatable bonds is 5. The third-order valence-electron chi connectivity index (χ3n) is 5.34. The van der Waals surface area contributed by atoms with Gasteiger partial charge in [0.15, 0.2) is 5.83 Å². The number of nitrogens with one attached hydrogen (secondary N) is 1. The van der Waals surface area contributed by atoms with E-state index in [1.165, 1.54) is 55.7 Å². The van der Waals surface area contributed by atoms with Crippen molar-refractivity contribution in [2.75, 3.05) is 0 Å². The van der Waals surface area contributed by atoms with Crippen LogP contribution in [0.5, 0.6) is 0 Å². The molecule has 1 nitrogen and oxygen atoms in total. The summed E-state index contributed by atoms with van der Waals surface area (Å²) < 4.78 is 38.4. The molecule has 1 saturated carbocycles. The zero-order valence-electron chi connectivity index (χ0n) is 13.8. The average Bonchev–Trinajstić information content (AvgIpc) is 2.56. The van der Waals surface area contributed by atoms with Gasteiger partial charge in [0.1, 0.15) is 0 Å². The summed E-state index contributed by atoms with van der Waals surface area (Å²) in [5, 5.41) is 6.43. The van der Waals surface area contributed by atoms with Crippen LogP contribution in [0.2, 0.25) is 0 Å². The molecule has 1 unspecified atom stereocenters. The van der Waals surface area contributed by atoms with E-state index in [0.29, 0.717) is 6.42 Å². The maximum atomic E-state index is 13.2. The van der Waals surface area contributed by atoms with Gasteiger partial charge in [0.05, 0.1) is 0 Å². The zero-order chi connectivity index (χ0) is 16.8. The highest BCUT2D eigenvalue weighted by atomic mass is 19.2. The van der Waals surface area contributed by atoms with Crippen LogP contribution in [0.3, 0.4) is 0 Å². The van der Waals surface area contributed by atoms with Gasteiger partial charge in [-0.15, -0.1) is 0 Å². The lowest BCUT2D eigenvalue weighted by Gasteiger charge is -2.34. The maximum absolute atomic E-state index is 13.2. The molecule has 1 atom stereocenters. The topological polar surface area (TPSA) is 23.9 Å². The second-order valence-electron chi connectivity index (χ2n) is 6.87. The van der Waals surface area contributed by atoms with E-state index in [4.69, 9.17) is 5.41 Å². The Kier molecular flexibility index (Phi) is 6.67. The monoisotopic (exact) mass is 325 g/mol. The summed E-state index contributed by atoms with van der Waals surface area (Å²) in [6, 6.07) is 0. The smallest absolute Gasteiger partial charge is 0.244 e. The quantitative estimate of drug-likeness (QED) is 0.329. The van der Waals surface area contributed by atoms with Gasteiger partial charge >= 0.3 is 0 Å². The fraction of sp³-hybridized carbons (Fsp3) is 0.632. The molecule has 0 aromatic carbocycles. The van der Waals surface area contributed by atoms with E-state index in [9.17, 15) is 13.2 Å². The van der Waals surface area contributed by atoms with Crippen LogP contribution >= 0.6 is 0 Å². The predicted octanol–water partition coefficient (Wildman–Crippen LogP) is 6.73. The average molecular weight is 325 g/mol. The molecule has 2 rings (SSSR count). The summed E-state index contributed by atoms with van der Waals surface area (Å²) >= 11 is 0. The maximum Gasteiger partial charge on any atom is 0.244 e. The van der Waals surface area contributed by atoms with Crippen LogP contribution in [0.15, 0.2) is 35.0 Å². The highest BCUT2D eigenvalue weighted by molar-refractivity contribution is 5.88. The van der Waals surface area contributed by atoms with Crippen molar-refractivity contribution in [1.29, 1.82) is 5.41 Å². The number of allylic oxidation sites excluding steroid dienone is 6. The Morgan fingerprint density at radius 1 is 1.09 bits per heavy atom. The third-order valence-corrected chi connectivity index (χ3v) is 5.34. The molecule has 0 aromatic rings. The fourth-order valence-corrected chi connectivity index (χ4v) is 3.98. The van der Waals surface area contributed by atoms with Gasteiger partial charge in [-0.1, -0.05) is 49.3 Å². The van der Waals surface area contributed by atoms with Crippen LogP contribution in [0.4, 0.5) is 13.2 Å². The van der Waals surface area contributed by atoms with E-state index in [-0.39, 0.29) is 0 Å². The number of halogens is 3. The van der Waals surface area contributed by atoms with Crippen molar-refractivity contribution in [2.45, 2.75) is 64.7 Å². The van der Waals surface area contributed by atoms with E-state index >= 15 is 0 Å². The van der Waals surface area contributed by atoms with Crippen LogP contribution in [-0.4, -0.2) is 5.97 Å². The summed E-state index contributed by atoms with van der Waals surface area (Å²) in [6.07, 6.45) is 13.2. The van der Waals surface area contributed by atoms with Gasteiger partial charge in [-0.3, -0.25) is 5.41 Å². The molecular weight excluding hydrogens is 299 g/mol. The molecule has 0 aromatic heterocycles. The summed E-state index contributed by atoms with van der Waals surface area (Å²) in [5.41, 5.74) is 2.66. The Labute approximate surface area is 136 Å². The molecular formula is C19H26F3N. The molecule has 2 aliphatic carbocycles. The van der Waals surface area contributed by atoms with Crippen molar-refractivity contribution in [2.24, 2.45) is 11.8 Å². The minimum absolute atomic E-state index is 0.573. The van der Waals surface area contributed by atoms with Gasteiger partial charge in [0.2, 0.25) is 11.8 Å². The summed E-state index contributed by atoms with van der Waals surface area (Å²) in [4.78, 5) is 0. The summed E-state index contributed by atoms with van der Waals surface area (Å²) in [7, 11) is 0. The summed E-state index contributed by atoms with van der Waals surface area (Å²) in [5.74, 6) is -3.26. The van der Waals surface area contributed by atoms with Crippen LogP contribution in [-0.2, 0) is 0 Å². The number of hydrogen-bond acceptors (Lipinski definition) is 1. The van der Waals surface area contributed by atoms with Crippen LogP contribution in [0, 0.1) is 17.2 Å². The molecule has 1 fully saturated rings. The molecule has 0 radical (unpaired) electrons. The second kappa shape index (κ2) is 8.51. The van der Waals surface area contributed by atoms with Crippen molar-refractivity contribution in [3.8, 4) is 0 Å². The normalized spacial score (nSPS) is 25.0. The van der Waals surface area contributed by atoms with Gasteiger partial charge in [-0.2, -0.15) is 8.78 Å². The van der Waals surface area contributed by atoms with Crippen LogP contribution in [0.25, 0.3) is 0 Å². The number of hydrogen-bond donors (Lipinski definition) is 1. The lowest BCUT2D eigenvalue weighted by molar-refractivity contribution is 0.227. The van der Waals surface area contributed by atoms with Crippen molar-refractivity contribution in [3.63, 3.8) is 0 Å². The first kappa shape index (κ1) is 18.0. The largest absolute Gasteiger partial charge is 0.271 e. The minimum Gasteiger partial charge on any atom is -0.271 e. The Morgan fingerprint density at radius 2 is 1.78 bits per heavy atom. The molecule has 0 spiro atoms. The van der Waals surface area contributed by atoms with E-state index in [1.807, 2.05) is 0 Å². The first-order valence-corrected chi connectivity index (χ1v) is 8.62. The van der Waals surface area contributed by atoms with Crippen molar-refractivity contribution >= 4 is 5.97 Å². The molecule has 0 heterocycles. The minimum atomic E-state index is -1.87. The van der Waals surface area contributed by atoms with Gasteiger partial charge < -0.3 is 0 Å². The molecule has 2 aliphatic rings. The van der Waals surface area contributed by atoms with Gasteiger partial charge in [-0.25, -0.2) is 4.39 Å². The van der Waals surface area contributed by atoms with E-state index in [2.05, 4.69) is 6.92 Å². The lowest BCUT2D eigenvalue weighted by Crippen LogP contribution is -2.21. The highest BCUT2D eigenvalue weighted by Crippen LogP contribution is 2.40. The van der Waals surface area contributed by atoms with Gasteiger partial charge in [-0.05, 0) is 50.5 Å². The van der Waals surface area contributed by atoms with Crippen molar-refractivity contribution in [3.05, 3.63) is 35.0 Å². The molecule has 0 bridgehead atoms. The van der Waals surface area contributed by atoms with Crippen LogP contribution < -0.4 is 0 Å². The Hall–Kier alpha value is -1.32. The second-order valence-corrected chi connectivity index (χ2v) is 6.87. The molecule has 0 aliphatic heterocycles. The van der Waals surface area contributed by atoms with Gasteiger partial charge in [0.25, 0.3) is 0 Å². The molecule has 4 heteroatoms. The van der Waals surface area contributed by atoms with Gasteiger partial charge in [0, 0.05) is 0 Å². The molecule has 0 amide bonds. The fourth-order valence-electron chi connectivity index (χ4n) is 3.98. The lowest BCUT2D eigenvalue weighted by atomic mass is 9.71. The highest BCUT2D eigenvalue weighted by Gasteiger charge is 2.27. The van der Waals surface area contributed by atoms with E-state index in [1.54, 1.807) is 0 Å². The zero-order valence-corrected chi connectivity index (χ0v) is 13.8. The Morgan fingerprint density at radius 3 is 2.39 bits per heavy atom. The molecule has 23 heavy (non-hydrogen) atoms. The first-order chi connectivity index (χ1) is 11.0. The molecule has 128 valence electrons. The van der Waals surface area contributed by atoms with E-state index < -0.39 is 17.6 Å². The third kappa shape index (κ3) is 5.08. The molecule has 0 saturated heterocycles. The standard InChI is InChI=1S/C19H26F3N/c1-13-12-16(15-6-3-2-4-7-15)11-10-14(13)8-5-9-17(20)18(21)19(22)23/h5,9,15-16,23H,2-4,6-8,10-12H2,1H3/b9-5-,18-17-,23-19?. The van der Waals surface area contributed by atoms with Crippen molar-refractivity contribution < 1.29 is 13.2 Å². The Bertz CT molecular complexity index is 525. The summed E-state index contributed by atoms with van der Waals surface area (Å²) in [6.45, 7) is 2.14. The van der Waals surface area contributed by atoms with Crippen molar-refractivity contribution in [1.82, 2.24) is 0 Å². The molecule has 1 N–H and O–H groups in total. The van der Waals surface area contributed by atoms with E-state index in [0.717, 1.165) is 30.8 Å². The van der Waals surface area contributed by atoms with Crippen LogP contribution in [0.1, 0.15) is 64.7 Å². The first-order valence-electron chi connectivity index (χ1n) is 8.62. The SMILES string of the molecule is CC1=C(C/C=C\C(F)=C(\F)C(=N)F)CCC(C2CCCCC2)C1.